The van der Waals surface area contributed by atoms with Gasteiger partial charge in [-0.2, -0.15) is 4.98 Å². The maximum atomic E-state index is 12.6. The van der Waals surface area contributed by atoms with Crippen molar-refractivity contribution in [3.8, 4) is 11.8 Å². The molecule has 1 atom stereocenters. The van der Waals surface area contributed by atoms with Crippen molar-refractivity contribution < 1.29 is 58.3 Å². The van der Waals surface area contributed by atoms with Crippen LogP contribution in [-0.2, 0) is 44.7 Å². The molecular formula is C41H61N7O13. The SMILES string of the molecule is C=O.CC#CC.CC1(C(=O)Nc2nc3ncc(CNc4ccc(C(=O)NC(CCC(=O)O)C(=O)O)cc4)nc3c(=O)[nH]2)CCC1.CCOC.CCOC.O=COCCCCO. The number of benzene rings is 1. The Morgan fingerprint density at radius 3 is 2.05 bits per heavy atom. The number of aromatic nitrogens is 4. The van der Waals surface area contributed by atoms with Crippen LogP contribution in [0.2, 0.25) is 0 Å². The third-order valence-corrected chi connectivity index (χ3v) is 8.14. The molecule has 4 rings (SSSR count). The number of aromatic amines is 1. The number of aliphatic carboxylic acids is 2. The molecule has 20 nitrogen and oxygen atoms in total. The lowest BCUT2D eigenvalue weighted by atomic mass is 9.70. The van der Waals surface area contributed by atoms with Gasteiger partial charge in [-0.1, -0.05) is 13.3 Å². The second-order valence-electron chi connectivity index (χ2n) is 12.6. The molecule has 7 N–H and O–H groups in total. The average molecular weight is 860 g/mol. The summed E-state index contributed by atoms with van der Waals surface area (Å²) in [7, 11) is 3.36. The van der Waals surface area contributed by atoms with Crippen LogP contribution in [0.4, 0.5) is 11.6 Å². The van der Waals surface area contributed by atoms with Crippen molar-refractivity contribution in [2.75, 3.05) is 51.3 Å². The van der Waals surface area contributed by atoms with Crippen LogP contribution >= 0.6 is 0 Å². The van der Waals surface area contributed by atoms with Gasteiger partial charge in [-0.05, 0) is 84.1 Å². The Labute approximate surface area is 355 Å². The number of carbonyl (C=O) groups excluding carboxylic acids is 4. The van der Waals surface area contributed by atoms with Crippen LogP contribution in [0.25, 0.3) is 11.2 Å². The number of carboxylic acids is 2. The van der Waals surface area contributed by atoms with Gasteiger partial charge in [0, 0.05) is 57.1 Å². The minimum atomic E-state index is -1.33. The van der Waals surface area contributed by atoms with E-state index in [-0.39, 0.29) is 48.2 Å². The van der Waals surface area contributed by atoms with Crippen molar-refractivity contribution in [1.82, 2.24) is 25.3 Å². The highest BCUT2D eigenvalue weighted by molar-refractivity contribution is 5.97. The monoisotopic (exact) mass is 859 g/mol. The lowest BCUT2D eigenvalue weighted by Crippen LogP contribution is -2.41. The van der Waals surface area contributed by atoms with Gasteiger partial charge in [0.25, 0.3) is 17.9 Å². The Morgan fingerprint density at radius 2 is 1.59 bits per heavy atom. The van der Waals surface area contributed by atoms with Crippen LogP contribution in [0.15, 0.2) is 35.3 Å². The third-order valence-electron chi connectivity index (χ3n) is 8.14. The van der Waals surface area contributed by atoms with Gasteiger partial charge in [-0.3, -0.25) is 34.3 Å². The van der Waals surface area contributed by atoms with Crippen LogP contribution in [0, 0.1) is 17.3 Å². The predicted octanol–water partition coefficient (Wildman–Crippen LogP) is 3.58. The first kappa shape index (κ1) is 56.8. The van der Waals surface area contributed by atoms with Crippen LogP contribution in [0.3, 0.4) is 0 Å². The highest BCUT2D eigenvalue weighted by Crippen LogP contribution is 2.40. The van der Waals surface area contributed by atoms with E-state index in [0.717, 1.165) is 38.9 Å². The van der Waals surface area contributed by atoms with E-state index in [9.17, 15) is 33.9 Å². The number of fused-ring (bicyclic) bond motifs is 1. The summed E-state index contributed by atoms with van der Waals surface area (Å²) in [4.78, 5) is 92.1. The van der Waals surface area contributed by atoms with Gasteiger partial charge in [0.05, 0.1) is 25.0 Å². The molecule has 2 amide bonds. The molecule has 338 valence electrons. The topological polar surface area (TPSA) is 298 Å². The summed E-state index contributed by atoms with van der Waals surface area (Å²) in [6.45, 7) is 14.3. The fourth-order valence-electron chi connectivity index (χ4n) is 4.34. The number of anilines is 2. The van der Waals surface area contributed by atoms with E-state index < -0.39 is 41.3 Å². The summed E-state index contributed by atoms with van der Waals surface area (Å²) < 4.78 is 13.4. The van der Waals surface area contributed by atoms with E-state index >= 15 is 0 Å². The first-order valence-corrected chi connectivity index (χ1v) is 19.1. The Kier molecular flexibility index (Phi) is 32.2. The molecule has 1 aromatic carbocycles. The molecule has 3 aromatic rings. The predicted molar refractivity (Wildman–Crippen MR) is 228 cm³/mol. The van der Waals surface area contributed by atoms with E-state index in [1.165, 1.54) is 18.3 Å². The van der Waals surface area contributed by atoms with Gasteiger partial charge in [-0.15, -0.1) is 11.8 Å². The fraction of sp³-hybridized carbons (Fsp3) is 0.512. The lowest BCUT2D eigenvalue weighted by Gasteiger charge is -2.36. The van der Waals surface area contributed by atoms with Crippen molar-refractivity contribution in [3.63, 3.8) is 0 Å². The normalized spacial score (nSPS) is 11.7. The van der Waals surface area contributed by atoms with Gasteiger partial charge in [0.1, 0.15) is 12.8 Å². The summed E-state index contributed by atoms with van der Waals surface area (Å²) in [6, 6.07) is 4.83. The number of amides is 2. The van der Waals surface area contributed by atoms with E-state index in [4.69, 9.17) is 15.0 Å². The Bertz CT molecular complexity index is 1840. The number of hydrogen-bond acceptors (Lipinski definition) is 15. The number of nitrogens with zero attached hydrogens (tertiary/aromatic N) is 3. The number of H-pyrrole nitrogens is 1. The van der Waals surface area contributed by atoms with Gasteiger partial charge >= 0.3 is 11.9 Å². The first-order chi connectivity index (χ1) is 29.2. The third kappa shape index (κ3) is 24.4. The van der Waals surface area contributed by atoms with Crippen LogP contribution in [0.5, 0.6) is 0 Å². The van der Waals surface area contributed by atoms with Gasteiger partial charge < -0.3 is 45.0 Å². The molecule has 0 saturated heterocycles. The van der Waals surface area contributed by atoms with Crippen molar-refractivity contribution in [3.05, 3.63) is 52.1 Å². The fourth-order valence-corrected chi connectivity index (χ4v) is 4.34. The summed E-state index contributed by atoms with van der Waals surface area (Å²) >= 11 is 0. The molecule has 20 heteroatoms. The second kappa shape index (κ2) is 34.6. The number of carboxylic acid groups (broad SMARTS) is 2. The standard InChI is InChI=1S/C25H27N7O7.C5H10O3.C4H6.2C3H8O.CH2O/c1-25(9-2-10-25)23(39)32-24-30-19-18(21(36)31-24)28-15(12-27-19)11-26-14-5-3-13(4-6-14)20(35)29-16(22(37)38)7-8-17(33)34;6-3-1-2-4-8-5-7;3*1-3-4-2;1-2/h3-6,12,16,26H,2,7-11H2,1H3,(H,29,35)(H,33,34)(H,37,38)(H2,27,30,31,32,36,39);5-6H,1-4H2;1-2H3;2*3H2,1-2H3;1H2. The van der Waals surface area contributed by atoms with E-state index in [0.29, 0.717) is 30.9 Å². The van der Waals surface area contributed by atoms with Crippen LogP contribution in [-0.4, -0.2) is 119 Å². The van der Waals surface area contributed by atoms with Gasteiger partial charge in [0.15, 0.2) is 11.2 Å². The van der Waals surface area contributed by atoms with E-state index in [2.05, 4.69) is 61.9 Å². The molecule has 61 heavy (non-hydrogen) atoms. The molecule has 1 aliphatic rings. The summed E-state index contributed by atoms with van der Waals surface area (Å²) in [6.07, 6.45) is 4.81. The molecule has 0 aliphatic heterocycles. The van der Waals surface area contributed by atoms with Crippen molar-refractivity contribution in [2.45, 2.75) is 92.2 Å². The molecule has 0 radical (unpaired) electrons. The van der Waals surface area contributed by atoms with E-state index in [1.54, 1.807) is 26.4 Å². The zero-order valence-corrected chi connectivity index (χ0v) is 36.0. The summed E-state index contributed by atoms with van der Waals surface area (Å²) in [5.74, 6) is 2.05. The van der Waals surface area contributed by atoms with Crippen molar-refractivity contribution in [1.29, 1.82) is 0 Å². The smallest absolute Gasteiger partial charge is 0.326 e. The number of rotatable bonds is 18. The maximum absolute atomic E-state index is 12.6. The van der Waals surface area contributed by atoms with Gasteiger partial charge in [-0.25, -0.2) is 14.8 Å². The first-order valence-electron chi connectivity index (χ1n) is 19.1. The highest BCUT2D eigenvalue weighted by atomic mass is 16.5. The number of methoxy groups -OCH3 is 2. The summed E-state index contributed by atoms with van der Waals surface area (Å²) in [5.41, 5.74) is 0.364. The number of ether oxygens (including phenoxy) is 3. The summed E-state index contributed by atoms with van der Waals surface area (Å²) in [5, 5.41) is 34.2. The molecule has 2 heterocycles. The number of hydrogen-bond donors (Lipinski definition) is 7. The van der Waals surface area contributed by atoms with Crippen molar-refractivity contribution in [2.24, 2.45) is 5.41 Å². The minimum Gasteiger partial charge on any atom is -0.481 e. The molecular weight excluding hydrogens is 798 g/mol. The second-order valence-corrected chi connectivity index (χ2v) is 12.6. The number of aliphatic hydroxyl groups excluding tert-OH is 1. The zero-order valence-electron chi connectivity index (χ0n) is 36.0. The minimum absolute atomic E-state index is 0.0186. The molecule has 1 fully saturated rings. The highest BCUT2D eigenvalue weighted by Gasteiger charge is 2.39. The Balaban J connectivity index is 0. The van der Waals surface area contributed by atoms with Gasteiger partial charge in [0.2, 0.25) is 11.9 Å². The molecule has 1 aliphatic carbocycles. The number of unbranched alkanes of at least 4 members (excludes halogenated alkanes) is 1. The quantitative estimate of drug-likeness (QED) is 0.0546. The van der Waals surface area contributed by atoms with Crippen molar-refractivity contribution >= 4 is 59.8 Å². The van der Waals surface area contributed by atoms with Crippen LogP contribution in [0.1, 0.15) is 95.6 Å². The number of aliphatic hydroxyl groups is 1. The Hall–Kier alpha value is -6.30. The lowest BCUT2D eigenvalue weighted by molar-refractivity contribution is -0.140. The largest absolute Gasteiger partial charge is 0.481 e. The number of nitrogens with one attached hydrogen (secondary N) is 4. The number of carbonyl (C=O) groups is 6. The molecule has 2 aromatic heterocycles. The molecule has 0 spiro atoms. The van der Waals surface area contributed by atoms with E-state index in [1.807, 2.05) is 41.4 Å². The molecule has 1 unspecified atom stereocenters. The zero-order chi connectivity index (χ0) is 46.6. The molecule has 1 saturated carbocycles. The van der Waals surface area contributed by atoms with Crippen LogP contribution < -0.4 is 21.5 Å². The Morgan fingerprint density at radius 1 is 1.00 bits per heavy atom. The average Bonchev–Trinajstić information content (AvgIpc) is 3.26. The molecule has 0 bridgehead atoms. The maximum Gasteiger partial charge on any atom is 0.326 e.